The van der Waals surface area contributed by atoms with Crippen molar-refractivity contribution >= 4 is 415 Å². The summed E-state index contributed by atoms with van der Waals surface area (Å²) in [5, 5.41) is 96.6. The minimum atomic E-state index is -0.843. The van der Waals surface area contributed by atoms with E-state index in [1.807, 2.05) is 94.1 Å². The molecular weight excluding hydrogens is 1530 g/mol. The number of benzene rings is 24. The van der Waals surface area contributed by atoms with E-state index in [0.717, 1.165) is 6.54 Å². The summed E-state index contributed by atoms with van der Waals surface area (Å²) in [5.74, 6) is 0. The number of fused-ring (bicyclic) bond motifs is 2. The Bertz CT molecular complexity index is 10200. The second-order valence-corrected chi connectivity index (χ2v) is 45.3. The third-order valence-corrected chi connectivity index (χ3v) is 44.7. The minimum absolute atomic E-state index is 0.257. The van der Waals surface area contributed by atoms with Gasteiger partial charge in [-0.05, 0) is 388 Å². The third kappa shape index (κ3) is 4.03. The van der Waals surface area contributed by atoms with Crippen molar-refractivity contribution in [3.8, 4) is 0 Å². The van der Waals surface area contributed by atoms with Gasteiger partial charge >= 0.3 is 0 Å². The van der Waals surface area contributed by atoms with Crippen molar-refractivity contribution in [1.82, 2.24) is 4.90 Å². The molecular formula is C105H37NS8. The van der Waals surface area contributed by atoms with Crippen LogP contribution in [0.1, 0.15) is 50.5 Å². The Morgan fingerprint density at radius 3 is 0.754 bits per heavy atom. The van der Waals surface area contributed by atoms with Gasteiger partial charge in [0.1, 0.15) is 0 Å². The number of nitrogens with zero attached hydrogens (tertiary/aromatic N) is 1. The van der Waals surface area contributed by atoms with Crippen molar-refractivity contribution in [3.63, 3.8) is 0 Å². The summed E-state index contributed by atoms with van der Waals surface area (Å²) < 4.78 is 8.45. The first-order chi connectivity index (χ1) is 56.6. The fourth-order valence-electron chi connectivity index (χ4n) is 32.7. The van der Waals surface area contributed by atoms with Crippen LogP contribution >= 0.6 is 94.1 Å². The molecule has 0 saturated carbocycles. The molecule has 3 aliphatic heterocycles. The predicted molar refractivity (Wildman–Crippen MR) is 509 cm³/mol. The van der Waals surface area contributed by atoms with E-state index in [2.05, 4.69) is 163 Å². The van der Waals surface area contributed by atoms with Crippen molar-refractivity contribution in [3.05, 3.63) is 205 Å². The number of hydrogen-bond donors (Lipinski definition) is 0. The van der Waals surface area contributed by atoms with Gasteiger partial charge in [0.15, 0.2) is 0 Å². The number of rotatable bonds is 9. The highest BCUT2D eigenvalue weighted by Gasteiger charge is 2.78. The monoisotopic (exact) mass is 1570 g/mol. The molecule has 0 aromatic heterocycles. The Hall–Kier alpha value is -9.72. The summed E-state index contributed by atoms with van der Waals surface area (Å²) in [6, 6.07) is 54.3. The molecule has 7 aliphatic rings. The van der Waals surface area contributed by atoms with Gasteiger partial charge in [0.25, 0.3) is 0 Å². The van der Waals surface area contributed by atoms with Crippen LogP contribution in [0, 0.1) is 0 Å². The van der Waals surface area contributed by atoms with Crippen molar-refractivity contribution in [2.75, 3.05) is 31.6 Å². The molecule has 114 heavy (non-hydrogen) atoms. The van der Waals surface area contributed by atoms with Crippen LogP contribution in [0.4, 0.5) is 0 Å². The van der Waals surface area contributed by atoms with E-state index >= 15 is 0 Å². The lowest BCUT2D eigenvalue weighted by Gasteiger charge is -2.53. The van der Waals surface area contributed by atoms with Crippen molar-refractivity contribution in [2.45, 2.75) is 22.4 Å². The fraction of sp³-hybridized carbons (Fsp3) is 0.0857. The van der Waals surface area contributed by atoms with Gasteiger partial charge in [-0.3, -0.25) is 4.90 Å². The molecule has 41 rings (SSSR count). The van der Waals surface area contributed by atoms with E-state index in [4.69, 9.17) is 0 Å². The molecule has 0 N–H and O–H groups in total. The molecule has 2 spiro atoms. The van der Waals surface area contributed by atoms with Crippen LogP contribution in [0.3, 0.4) is 0 Å². The second kappa shape index (κ2) is 15.1. The molecule has 0 radical (unpaired) electrons. The van der Waals surface area contributed by atoms with E-state index in [-0.39, 0.29) is 6.04 Å². The molecule has 1 unspecified atom stereocenters. The Morgan fingerprint density at radius 2 is 0.491 bits per heavy atom. The van der Waals surface area contributed by atoms with Crippen LogP contribution < -0.4 is 10.4 Å². The summed E-state index contributed by atoms with van der Waals surface area (Å²) in [5.41, 5.74) is 10.1. The van der Waals surface area contributed by atoms with E-state index in [9.17, 15) is 0 Å². The van der Waals surface area contributed by atoms with Crippen LogP contribution in [0.5, 0.6) is 0 Å². The molecule has 4 aliphatic carbocycles. The summed E-state index contributed by atoms with van der Waals surface area (Å²) in [4.78, 5) is 3.34. The van der Waals surface area contributed by atoms with Gasteiger partial charge < -0.3 is 0 Å². The van der Waals surface area contributed by atoms with Gasteiger partial charge in [-0.2, -0.15) is 0 Å². The summed E-state index contributed by atoms with van der Waals surface area (Å²) in [6.07, 6.45) is 9.19. The smallest absolute Gasteiger partial charge is 0.0978 e. The molecule has 1 nitrogen and oxygen atoms in total. The van der Waals surface area contributed by atoms with Crippen LogP contribution in [-0.2, 0) is 16.4 Å². The number of thioether (sulfide) groups is 8. The van der Waals surface area contributed by atoms with Crippen molar-refractivity contribution < 1.29 is 0 Å². The van der Waals surface area contributed by atoms with Crippen molar-refractivity contribution in [2.24, 2.45) is 0 Å². The average molecular weight is 1570 g/mol. The van der Waals surface area contributed by atoms with Gasteiger partial charge in [0, 0.05) is 17.0 Å². The topological polar surface area (TPSA) is 3.24 Å². The normalized spacial score (nSPS) is 21.0. The van der Waals surface area contributed by atoms with Gasteiger partial charge in [-0.15, -0.1) is 47.0 Å². The molecule has 9 heteroatoms. The van der Waals surface area contributed by atoms with E-state index in [1.165, 1.54) is 79.7 Å². The molecule has 34 aromatic carbocycles. The lowest BCUT2D eigenvalue weighted by atomic mass is 9.47. The highest BCUT2D eigenvalue weighted by atomic mass is 32.3. The average Bonchev–Trinajstić information content (AvgIpc) is 1.50. The summed E-state index contributed by atoms with van der Waals surface area (Å²) >= 11 is 15.8. The second-order valence-electron chi connectivity index (χ2n) is 36.4. The highest BCUT2D eigenvalue weighted by Crippen LogP contribution is 2.88. The van der Waals surface area contributed by atoms with Crippen LogP contribution in [-0.4, -0.2) is 36.5 Å². The van der Waals surface area contributed by atoms with E-state index in [0.29, 0.717) is 0 Å². The number of hydrogen-bond acceptors (Lipinski definition) is 9. The molecule has 1 atom stereocenters. The Labute approximate surface area is 672 Å². The van der Waals surface area contributed by atoms with E-state index < -0.39 is 16.4 Å². The number of likely N-dealkylation sites (tertiary alicyclic amines) is 1. The fourth-order valence-corrected chi connectivity index (χ4v) is 42.9. The molecule has 0 bridgehead atoms. The SMILES string of the molecule is CSC1=C(SC)SC(=c2c3ccccc3c(=C3SC(SC)=C(SC)S3)c3cc(C4N(C(c5ccccc5)(c5ccccc5)c5ccccc5)CC56c7c8c9c%10c%11c%12c(c%13c%14c5c5c7c7c%15c8c8c9c9c%11c%11c%16c%12c%12c%13c%13c%14c%14c5c5c7c7c%15c%15c8c8c9c%11c9c%11c%16c%12c%12c%13c%13c%14c5c5c7c7c%15c8c9c8c%11c%12c%13c5c78)C%1046)ccc23)S1. The zero-order chi connectivity index (χ0) is 71.3. The van der Waals surface area contributed by atoms with Gasteiger partial charge in [-0.25, -0.2) is 0 Å². The van der Waals surface area contributed by atoms with Crippen LogP contribution in [0.15, 0.2) is 150 Å². The third-order valence-electron chi connectivity index (χ3n) is 34.3. The maximum absolute atomic E-state index is 3.34. The van der Waals surface area contributed by atoms with Gasteiger partial charge in [0.2, 0.25) is 0 Å². The Morgan fingerprint density at radius 1 is 0.263 bits per heavy atom. The van der Waals surface area contributed by atoms with Crippen LogP contribution in [0.25, 0.3) is 321 Å². The minimum Gasteiger partial charge on any atom is -0.276 e. The molecule has 1 saturated heterocycles. The molecule has 1 fully saturated rings. The maximum atomic E-state index is 3.34. The molecule has 0 amide bonds. The lowest BCUT2D eigenvalue weighted by molar-refractivity contribution is 0.123. The van der Waals surface area contributed by atoms with Crippen LogP contribution in [0.2, 0.25) is 0 Å². The summed E-state index contributed by atoms with van der Waals surface area (Å²) in [6.45, 7) is 0.812. The van der Waals surface area contributed by atoms with Crippen molar-refractivity contribution in [1.29, 1.82) is 0 Å². The molecule has 510 valence electrons. The highest BCUT2D eigenvalue weighted by molar-refractivity contribution is 8.46. The van der Waals surface area contributed by atoms with E-state index in [1.54, 1.807) is 313 Å². The first kappa shape index (κ1) is 54.2. The van der Waals surface area contributed by atoms with Gasteiger partial charge in [0.05, 0.1) is 47.8 Å². The summed E-state index contributed by atoms with van der Waals surface area (Å²) in [7, 11) is 0. The zero-order valence-electron chi connectivity index (χ0n) is 60.2. The molecule has 3 heterocycles. The standard InChI is InChI=1S/C105H37NS8/c1-107-99-100(108-2)112-97(111-99)36-32-22-14-15-23-33(32)37(98-113-101(109-3)102(110-4)114-98)35-26-28(24-25-34(35)36)96-104-94-88-82-72-60-52-44-40-38-39-42-46(44)54(60)64-58-50(42)51-43(39)47-45-41(38)49-48(40)56-62(52)70-76-66(56)67-57(49)63-53(45)61-55(47)65-59(51)69-68(58)80(74(64)82)90(94)91-81(69)75(65)83-73(61)79-71(63)77(67)85-84(76)92(86(88)78(70)72)103(104,93(85)87(79)89(83)95(91)104)27-106(96)105(29-16-8-5-9-17-29,30-18-10-6-11-19-30)31-20-12-7-13-21-31/h5-26,96H,27H2,1-4H3. The maximum Gasteiger partial charge on any atom is 0.0978 e. The lowest BCUT2D eigenvalue weighted by Crippen LogP contribution is -2.52. The van der Waals surface area contributed by atoms with Gasteiger partial charge in [-0.1, -0.05) is 174 Å². The predicted octanol–water partition coefficient (Wildman–Crippen LogP) is 29.4. The molecule has 34 aromatic rings. The Balaban J connectivity index is 0.823. The largest absolute Gasteiger partial charge is 0.276 e. The zero-order valence-corrected chi connectivity index (χ0v) is 66.7. The first-order valence-corrected chi connectivity index (χ1v) is 48.5. The quantitative estimate of drug-likeness (QED) is 0.0783. The first-order valence-electron chi connectivity index (χ1n) is 40.4. The Kier molecular flexibility index (Phi) is 7.19.